The van der Waals surface area contributed by atoms with E-state index in [0.29, 0.717) is 10.6 Å². The molecule has 2 aromatic heterocycles. The number of hydrogen-bond acceptors (Lipinski definition) is 6. The quantitative estimate of drug-likeness (QED) is 0.262. The molecule has 0 radical (unpaired) electrons. The SMILES string of the molecule is O=C(CSc1ncnc2scc(-c3ccccc3)c12)NNC(=O)c1ccc(Cl)cc1. The zero-order chi connectivity index (χ0) is 20.9. The summed E-state index contributed by atoms with van der Waals surface area (Å²) in [7, 11) is 0. The molecule has 0 saturated carbocycles. The predicted octanol–water partition coefficient (Wildman–Crippen LogP) is 4.57. The molecule has 0 unspecified atom stereocenters. The number of aromatic nitrogens is 2. The first-order chi connectivity index (χ1) is 14.6. The molecule has 0 fully saturated rings. The summed E-state index contributed by atoms with van der Waals surface area (Å²) >= 11 is 8.65. The molecule has 0 aliphatic carbocycles. The third-order valence-corrected chi connectivity index (χ3v) is 6.31. The molecule has 2 N–H and O–H groups in total. The normalized spacial score (nSPS) is 10.7. The van der Waals surface area contributed by atoms with Crippen molar-refractivity contribution in [2.75, 3.05) is 5.75 Å². The number of thioether (sulfide) groups is 1. The second-order valence-corrected chi connectivity index (χ2v) is 8.43. The Morgan fingerprint density at radius 1 is 1.00 bits per heavy atom. The Morgan fingerprint density at radius 3 is 2.53 bits per heavy atom. The third kappa shape index (κ3) is 4.62. The molecule has 6 nitrogen and oxygen atoms in total. The average molecular weight is 455 g/mol. The molecular formula is C21H15ClN4O2S2. The van der Waals surface area contributed by atoms with E-state index in [-0.39, 0.29) is 11.7 Å². The molecule has 150 valence electrons. The zero-order valence-corrected chi connectivity index (χ0v) is 17.9. The van der Waals surface area contributed by atoms with E-state index in [2.05, 4.69) is 20.8 Å². The highest BCUT2D eigenvalue weighted by Gasteiger charge is 2.15. The van der Waals surface area contributed by atoms with Crippen LogP contribution in [0.4, 0.5) is 0 Å². The van der Waals surface area contributed by atoms with Crippen molar-refractivity contribution in [1.29, 1.82) is 0 Å². The van der Waals surface area contributed by atoms with Crippen molar-refractivity contribution >= 4 is 56.7 Å². The summed E-state index contributed by atoms with van der Waals surface area (Å²) < 4.78 is 0. The van der Waals surface area contributed by atoms with Crippen molar-refractivity contribution in [1.82, 2.24) is 20.8 Å². The van der Waals surface area contributed by atoms with E-state index in [1.54, 1.807) is 24.3 Å². The first-order valence-corrected chi connectivity index (χ1v) is 11.1. The van der Waals surface area contributed by atoms with Crippen molar-refractivity contribution in [3.8, 4) is 11.1 Å². The monoisotopic (exact) mass is 454 g/mol. The van der Waals surface area contributed by atoms with Gasteiger partial charge in [0.05, 0.1) is 11.1 Å². The van der Waals surface area contributed by atoms with E-state index in [4.69, 9.17) is 11.6 Å². The summed E-state index contributed by atoms with van der Waals surface area (Å²) in [5, 5.41) is 4.23. The molecular weight excluding hydrogens is 440 g/mol. The molecule has 0 aliphatic rings. The molecule has 4 rings (SSSR count). The Labute approximate surface area is 185 Å². The number of rotatable bonds is 5. The van der Waals surface area contributed by atoms with Gasteiger partial charge in [0.15, 0.2) is 0 Å². The number of hydrazine groups is 1. The highest BCUT2D eigenvalue weighted by Crippen LogP contribution is 2.37. The lowest BCUT2D eigenvalue weighted by molar-refractivity contribution is -0.119. The molecule has 0 spiro atoms. The van der Waals surface area contributed by atoms with E-state index < -0.39 is 5.91 Å². The lowest BCUT2D eigenvalue weighted by Gasteiger charge is -2.08. The summed E-state index contributed by atoms with van der Waals surface area (Å²) in [4.78, 5) is 33.9. The molecule has 2 heterocycles. The van der Waals surface area contributed by atoms with E-state index in [9.17, 15) is 9.59 Å². The second kappa shape index (κ2) is 9.25. The number of nitrogens with zero attached hydrogens (tertiary/aromatic N) is 2. The van der Waals surface area contributed by atoms with E-state index in [1.165, 1.54) is 29.4 Å². The molecule has 0 atom stereocenters. The Hall–Kier alpha value is -2.94. The fraction of sp³-hybridized carbons (Fsp3) is 0.0476. The number of benzene rings is 2. The number of carbonyl (C=O) groups is 2. The second-order valence-electron chi connectivity index (χ2n) is 6.17. The Kier molecular flexibility index (Phi) is 6.27. The maximum absolute atomic E-state index is 12.2. The van der Waals surface area contributed by atoms with Crippen LogP contribution in [-0.2, 0) is 4.79 Å². The van der Waals surface area contributed by atoms with Gasteiger partial charge < -0.3 is 0 Å². The molecule has 9 heteroatoms. The van der Waals surface area contributed by atoms with Gasteiger partial charge in [-0.3, -0.25) is 20.4 Å². The van der Waals surface area contributed by atoms with Crippen molar-refractivity contribution in [3.05, 3.63) is 76.9 Å². The smallest absolute Gasteiger partial charge is 0.269 e. The first kappa shape index (κ1) is 20.3. The van der Waals surface area contributed by atoms with Crippen molar-refractivity contribution in [3.63, 3.8) is 0 Å². The van der Waals surface area contributed by atoms with E-state index >= 15 is 0 Å². The van der Waals surface area contributed by atoms with Gasteiger partial charge in [-0.25, -0.2) is 9.97 Å². The number of halogens is 1. The summed E-state index contributed by atoms with van der Waals surface area (Å²) in [6.07, 6.45) is 1.50. The van der Waals surface area contributed by atoms with Crippen LogP contribution in [0, 0.1) is 0 Å². The van der Waals surface area contributed by atoms with Crippen LogP contribution in [0.25, 0.3) is 21.3 Å². The van der Waals surface area contributed by atoms with Crippen LogP contribution >= 0.6 is 34.7 Å². The minimum atomic E-state index is -0.418. The Morgan fingerprint density at radius 2 is 1.77 bits per heavy atom. The van der Waals surface area contributed by atoms with Crippen molar-refractivity contribution in [2.45, 2.75) is 5.03 Å². The minimum Gasteiger partial charge on any atom is -0.272 e. The summed E-state index contributed by atoms with van der Waals surface area (Å²) in [5.74, 6) is -0.666. The summed E-state index contributed by atoms with van der Waals surface area (Å²) in [6, 6.07) is 16.4. The van der Waals surface area contributed by atoms with Crippen LogP contribution in [0.2, 0.25) is 5.02 Å². The van der Waals surface area contributed by atoms with Crippen LogP contribution < -0.4 is 10.9 Å². The predicted molar refractivity (Wildman–Crippen MR) is 121 cm³/mol. The number of nitrogens with one attached hydrogen (secondary N) is 2. The average Bonchev–Trinajstić information content (AvgIpc) is 3.22. The van der Waals surface area contributed by atoms with Crippen molar-refractivity contribution in [2.24, 2.45) is 0 Å². The molecule has 4 aromatic rings. The highest BCUT2D eigenvalue weighted by molar-refractivity contribution is 8.00. The van der Waals surface area contributed by atoms with Crippen LogP contribution in [-0.4, -0.2) is 27.5 Å². The molecule has 2 aromatic carbocycles. The fourth-order valence-electron chi connectivity index (χ4n) is 2.76. The Balaban J connectivity index is 1.42. The number of hydrogen-bond donors (Lipinski definition) is 2. The van der Waals surface area contributed by atoms with Gasteiger partial charge in [0, 0.05) is 21.5 Å². The van der Waals surface area contributed by atoms with Gasteiger partial charge in [0.1, 0.15) is 16.2 Å². The van der Waals surface area contributed by atoms with Gasteiger partial charge in [-0.1, -0.05) is 53.7 Å². The van der Waals surface area contributed by atoms with Crippen LogP contribution in [0.5, 0.6) is 0 Å². The van der Waals surface area contributed by atoms with Gasteiger partial charge in [0.25, 0.3) is 5.91 Å². The number of carbonyl (C=O) groups excluding carboxylic acids is 2. The minimum absolute atomic E-state index is 0.0943. The summed E-state index contributed by atoms with van der Waals surface area (Å²) in [6.45, 7) is 0. The first-order valence-electron chi connectivity index (χ1n) is 8.87. The molecule has 0 bridgehead atoms. The molecule has 30 heavy (non-hydrogen) atoms. The molecule has 2 amide bonds. The largest absolute Gasteiger partial charge is 0.272 e. The number of fused-ring (bicyclic) bond motifs is 1. The maximum atomic E-state index is 12.2. The van der Waals surface area contributed by atoms with Crippen LogP contribution in [0.1, 0.15) is 10.4 Å². The van der Waals surface area contributed by atoms with Crippen LogP contribution in [0.3, 0.4) is 0 Å². The zero-order valence-electron chi connectivity index (χ0n) is 15.5. The number of thiophene rings is 1. The van der Waals surface area contributed by atoms with Gasteiger partial charge in [-0.2, -0.15) is 0 Å². The molecule has 0 aliphatic heterocycles. The van der Waals surface area contributed by atoms with Gasteiger partial charge in [-0.05, 0) is 29.8 Å². The van der Waals surface area contributed by atoms with Crippen LogP contribution in [0.15, 0.2) is 71.3 Å². The summed E-state index contributed by atoms with van der Waals surface area (Å²) in [5.41, 5.74) is 7.32. The van der Waals surface area contributed by atoms with Gasteiger partial charge >= 0.3 is 0 Å². The Bertz CT molecular complexity index is 1200. The van der Waals surface area contributed by atoms with E-state index in [1.807, 2.05) is 35.7 Å². The highest BCUT2D eigenvalue weighted by atomic mass is 35.5. The lowest BCUT2D eigenvalue weighted by Crippen LogP contribution is -2.42. The number of amides is 2. The maximum Gasteiger partial charge on any atom is 0.269 e. The topological polar surface area (TPSA) is 84.0 Å². The van der Waals surface area contributed by atoms with Crippen molar-refractivity contribution < 1.29 is 9.59 Å². The lowest BCUT2D eigenvalue weighted by atomic mass is 10.1. The van der Waals surface area contributed by atoms with E-state index in [0.717, 1.165) is 26.4 Å². The standard InChI is InChI=1S/C21H15ClN4O2S2/c22-15-8-6-14(7-9-15)19(28)26-25-17(27)11-30-21-18-16(13-4-2-1-3-5-13)10-29-20(18)23-12-24-21/h1-10,12H,11H2,(H,25,27)(H,26,28). The molecule has 0 saturated heterocycles. The van der Waals surface area contributed by atoms with Gasteiger partial charge in [-0.15, -0.1) is 11.3 Å². The fourth-order valence-corrected chi connectivity index (χ4v) is 4.68. The third-order valence-electron chi connectivity index (χ3n) is 4.18. The van der Waals surface area contributed by atoms with Gasteiger partial charge in [0.2, 0.25) is 5.91 Å².